The summed E-state index contributed by atoms with van der Waals surface area (Å²) in [5.74, 6) is 0.0587. The minimum Gasteiger partial charge on any atom is -0.477 e. The van der Waals surface area contributed by atoms with Crippen LogP contribution in [0.25, 0.3) is 0 Å². The second-order valence-electron chi connectivity index (χ2n) is 5.24. The van der Waals surface area contributed by atoms with Crippen molar-refractivity contribution in [1.29, 1.82) is 0 Å². The van der Waals surface area contributed by atoms with E-state index >= 15 is 0 Å². The number of benzene rings is 1. The lowest BCUT2D eigenvalue weighted by molar-refractivity contribution is -0.132. The Labute approximate surface area is 122 Å². The zero-order valence-electron chi connectivity index (χ0n) is 12.1. The van der Waals surface area contributed by atoms with Crippen molar-refractivity contribution in [3.05, 3.63) is 52.5 Å². The molecule has 0 fully saturated rings. The number of rotatable bonds is 2. The number of fused-ring (bicyclic) bond motifs is 1. The van der Waals surface area contributed by atoms with Crippen LogP contribution in [0.1, 0.15) is 28.6 Å². The summed E-state index contributed by atoms with van der Waals surface area (Å²) >= 11 is 0. The van der Waals surface area contributed by atoms with Crippen LogP contribution in [0, 0.1) is 20.8 Å². The van der Waals surface area contributed by atoms with E-state index in [9.17, 15) is 9.90 Å². The second-order valence-corrected chi connectivity index (χ2v) is 5.24. The van der Waals surface area contributed by atoms with Gasteiger partial charge in [-0.2, -0.15) is 10.1 Å². The second kappa shape index (κ2) is 4.73. The van der Waals surface area contributed by atoms with Crippen LogP contribution >= 0.6 is 0 Å². The number of aryl methyl sites for hydroxylation is 3. The Kier molecular flexibility index (Phi) is 3.01. The molecular formula is C15H16N4O2. The van der Waals surface area contributed by atoms with Crippen LogP contribution in [-0.2, 0) is 4.79 Å². The van der Waals surface area contributed by atoms with Gasteiger partial charge in [0.1, 0.15) is 17.6 Å². The summed E-state index contributed by atoms with van der Waals surface area (Å²) in [4.78, 5) is 15.6. The van der Waals surface area contributed by atoms with Gasteiger partial charge in [-0.25, -0.2) is 9.48 Å². The molecule has 1 aliphatic heterocycles. The topological polar surface area (TPSA) is 80.0 Å². The average molecular weight is 284 g/mol. The molecule has 1 aromatic carbocycles. The molecule has 1 unspecified atom stereocenters. The molecule has 0 amide bonds. The molecule has 1 aliphatic rings. The number of carbonyl (C=O) groups is 1. The van der Waals surface area contributed by atoms with E-state index in [1.807, 2.05) is 26.0 Å². The van der Waals surface area contributed by atoms with Crippen LogP contribution in [0.4, 0.5) is 5.95 Å². The van der Waals surface area contributed by atoms with Crippen molar-refractivity contribution in [2.45, 2.75) is 26.8 Å². The van der Waals surface area contributed by atoms with Crippen LogP contribution in [0.5, 0.6) is 0 Å². The first-order chi connectivity index (χ1) is 9.95. The first-order valence-electron chi connectivity index (χ1n) is 6.68. The third-order valence-electron chi connectivity index (χ3n) is 3.56. The van der Waals surface area contributed by atoms with E-state index in [0.29, 0.717) is 11.8 Å². The summed E-state index contributed by atoms with van der Waals surface area (Å²) in [5.41, 5.74) is 3.37. The Hall–Kier alpha value is -2.63. The summed E-state index contributed by atoms with van der Waals surface area (Å²) in [6.07, 6.45) is 1.67. The molecule has 6 heteroatoms. The van der Waals surface area contributed by atoms with Crippen molar-refractivity contribution < 1.29 is 9.90 Å². The lowest BCUT2D eigenvalue weighted by atomic mass is 9.97. The fourth-order valence-corrected chi connectivity index (χ4v) is 2.52. The van der Waals surface area contributed by atoms with Gasteiger partial charge in [0.25, 0.3) is 0 Å². The zero-order chi connectivity index (χ0) is 15.1. The zero-order valence-corrected chi connectivity index (χ0v) is 12.1. The van der Waals surface area contributed by atoms with E-state index in [4.69, 9.17) is 0 Å². The molecule has 0 spiro atoms. The minimum absolute atomic E-state index is 0.126. The van der Waals surface area contributed by atoms with Crippen molar-refractivity contribution in [3.63, 3.8) is 0 Å². The van der Waals surface area contributed by atoms with Crippen LogP contribution in [0.3, 0.4) is 0 Å². The highest BCUT2D eigenvalue weighted by Crippen LogP contribution is 2.31. The van der Waals surface area contributed by atoms with Crippen LogP contribution < -0.4 is 5.32 Å². The number of allylic oxidation sites excluding steroid dienone is 1. The largest absolute Gasteiger partial charge is 0.477 e. The Morgan fingerprint density at radius 2 is 2.10 bits per heavy atom. The number of aromatic nitrogens is 3. The highest BCUT2D eigenvalue weighted by molar-refractivity contribution is 5.90. The van der Waals surface area contributed by atoms with E-state index in [1.54, 1.807) is 17.7 Å². The van der Waals surface area contributed by atoms with Crippen molar-refractivity contribution in [1.82, 2.24) is 14.8 Å². The molecule has 3 rings (SSSR count). The number of nitrogens with one attached hydrogen (secondary N) is 1. The van der Waals surface area contributed by atoms with Gasteiger partial charge in [0, 0.05) is 0 Å². The van der Waals surface area contributed by atoms with Crippen molar-refractivity contribution >= 4 is 11.9 Å². The third kappa shape index (κ3) is 2.29. The maximum Gasteiger partial charge on any atom is 0.352 e. The molecule has 0 saturated heterocycles. The Bertz CT molecular complexity index is 761. The SMILES string of the molecule is Cc1ccc(C)c(C2C=C(C(=O)O)Nc3nc(C)nn32)c1. The van der Waals surface area contributed by atoms with Crippen LogP contribution in [-0.4, -0.2) is 25.8 Å². The number of carboxylic acids is 1. The lowest BCUT2D eigenvalue weighted by Gasteiger charge is -2.24. The summed E-state index contributed by atoms with van der Waals surface area (Å²) in [6.45, 7) is 5.81. The van der Waals surface area contributed by atoms with E-state index in [0.717, 1.165) is 16.7 Å². The Balaban J connectivity index is 2.19. The predicted molar refractivity (Wildman–Crippen MR) is 78.2 cm³/mol. The van der Waals surface area contributed by atoms with Crippen LogP contribution in [0.2, 0.25) is 0 Å². The first-order valence-corrected chi connectivity index (χ1v) is 6.68. The maximum absolute atomic E-state index is 11.3. The van der Waals surface area contributed by atoms with Crippen LogP contribution in [0.15, 0.2) is 30.0 Å². The molecule has 21 heavy (non-hydrogen) atoms. The molecule has 108 valence electrons. The van der Waals surface area contributed by atoms with Gasteiger partial charge in [-0.3, -0.25) is 0 Å². The third-order valence-corrected chi connectivity index (χ3v) is 3.56. The molecule has 0 saturated carbocycles. The van der Waals surface area contributed by atoms with Gasteiger partial charge in [-0.1, -0.05) is 23.8 Å². The minimum atomic E-state index is -1.00. The molecule has 2 N–H and O–H groups in total. The Morgan fingerprint density at radius 1 is 1.33 bits per heavy atom. The highest BCUT2D eigenvalue weighted by Gasteiger charge is 2.27. The molecular weight excluding hydrogens is 268 g/mol. The van der Waals surface area contributed by atoms with E-state index in [1.165, 1.54) is 0 Å². The number of hydrogen-bond acceptors (Lipinski definition) is 4. The molecule has 2 aromatic rings. The standard InChI is InChI=1S/C15H16N4O2/c1-8-4-5-9(2)11(6-8)13-7-12(14(20)21)17-15-16-10(3)18-19(13)15/h4-7,13H,1-3H3,(H,20,21)(H,16,17,18). The van der Waals surface area contributed by atoms with Gasteiger partial charge < -0.3 is 10.4 Å². The number of nitrogens with zero attached hydrogens (tertiary/aromatic N) is 3. The summed E-state index contributed by atoms with van der Waals surface area (Å²) in [5, 5.41) is 16.5. The normalized spacial score (nSPS) is 16.9. The predicted octanol–water partition coefficient (Wildman–Crippen LogP) is 2.19. The Morgan fingerprint density at radius 3 is 2.81 bits per heavy atom. The van der Waals surface area contributed by atoms with Gasteiger partial charge in [-0.05, 0) is 38.0 Å². The van der Waals surface area contributed by atoms with Gasteiger partial charge >= 0.3 is 5.97 Å². The summed E-state index contributed by atoms with van der Waals surface area (Å²) in [7, 11) is 0. The molecule has 6 nitrogen and oxygen atoms in total. The van der Waals surface area contributed by atoms with Crippen molar-refractivity contribution in [2.75, 3.05) is 5.32 Å². The number of carboxylic acid groups (broad SMARTS) is 1. The lowest BCUT2D eigenvalue weighted by Crippen LogP contribution is -2.24. The highest BCUT2D eigenvalue weighted by atomic mass is 16.4. The number of anilines is 1. The van der Waals surface area contributed by atoms with Gasteiger partial charge in [-0.15, -0.1) is 0 Å². The molecule has 1 atom stereocenters. The molecule has 1 aromatic heterocycles. The van der Waals surface area contributed by atoms with E-state index in [-0.39, 0.29) is 11.7 Å². The number of aliphatic carboxylic acids is 1. The molecule has 0 aliphatic carbocycles. The maximum atomic E-state index is 11.3. The molecule has 0 radical (unpaired) electrons. The van der Waals surface area contributed by atoms with Gasteiger partial charge in [0.15, 0.2) is 0 Å². The number of hydrogen-bond donors (Lipinski definition) is 2. The van der Waals surface area contributed by atoms with E-state index < -0.39 is 5.97 Å². The fourth-order valence-electron chi connectivity index (χ4n) is 2.52. The quantitative estimate of drug-likeness (QED) is 0.883. The van der Waals surface area contributed by atoms with E-state index in [2.05, 4.69) is 21.5 Å². The fraction of sp³-hybridized carbons (Fsp3) is 0.267. The summed E-state index contributed by atoms with van der Waals surface area (Å²) in [6, 6.07) is 5.86. The van der Waals surface area contributed by atoms with Crippen molar-refractivity contribution in [2.24, 2.45) is 0 Å². The smallest absolute Gasteiger partial charge is 0.352 e. The van der Waals surface area contributed by atoms with Gasteiger partial charge in [0.2, 0.25) is 5.95 Å². The molecule has 2 heterocycles. The average Bonchev–Trinajstić information content (AvgIpc) is 2.80. The summed E-state index contributed by atoms with van der Waals surface area (Å²) < 4.78 is 1.73. The molecule has 0 bridgehead atoms. The van der Waals surface area contributed by atoms with Gasteiger partial charge in [0.05, 0.1) is 0 Å². The van der Waals surface area contributed by atoms with Crippen molar-refractivity contribution in [3.8, 4) is 0 Å². The first kappa shape index (κ1) is 13.4. The monoisotopic (exact) mass is 284 g/mol.